The molecule has 0 atom stereocenters. The minimum absolute atomic E-state index is 0.0123. The van der Waals surface area contributed by atoms with Gasteiger partial charge in [-0.05, 0) is 49.4 Å². The molecule has 4 heterocycles. The number of furan rings is 2. The van der Waals surface area contributed by atoms with Crippen molar-refractivity contribution in [1.29, 1.82) is 0 Å². The molecular formula is C22H15FN2O6S. The fourth-order valence-corrected chi connectivity index (χ4v) is 4.43. The van der Waals surface area contributed by atoms with E-state index in [1.165, 1.54) is 36.4 Å². The van der Waals surface area contributed by atoms with E-state index in [1.54, 1.807) is 13.0 Å². The monoisotopic (exact) mass is 454 g/mol. The Morgan fingerprint density at radius 1 is 1.16 bits per heavy atom. The summed E-state index contributed by atoms with van der Waals surface area (Å²) in [7, 11) is 0. The maximum atomic E-state index is 13.7. The Balaban J connectivity index is 1.80. The number of aromatic hydroxyl groups is 2. The summed E-state index contributed by atoms with van der Waals surface area (Å²) in [4.78, 5) is 17.6. The van der Waals surface area contributed by atoms with Crippen molar-refractivity contribution in [3.63, 3.8) is 0 Å². The molecule has 0 amide bonds. The van der Waals surface area contributed by atoms with Crippen LogP contribution in [0, 0.1) is 12.7 Å². The van der Waals surface area contributed by atoms with Crippen molar-refractivity contribution in [2.45, 2.75) is 13.5 Å². The molecule has 0 aliphatic rings. The predicted octanol–water partition coefficient (Wildman–Crippen LogP) is 4.52. The summed E-state index contributed by atoms with van der Waals surface area (Å²) >= 11 is 1.05. The fourth-order valence-electron chi connectivity index (χ4n) is 3.43. The van der Waals surface area contributed by atoms with Gasteiger partial charge in [0.2, 0.25) is 11.7 Å². The van der Waals surface area contributed by atoms with Gasteiger partial charge in [0.1, 0.15) is 35.2 Å². The number of aliphatic hydroxyl groups excluding tert-OH is 1. The van der Waals surface area contributed by atoms with Crippen LogP contribution in [0.25, 0.3) is 26.8 Å². The third-order valence-electron chi connectivity index (χ3n) is 4.89. The molecular weight excluding hydrogens is 439 g/mol. The highest BCUT2D eigenvalue weighted by atomic mass is 32.1. The van der Waals surface area contributed by atoms with Crippen molar-refractivity contribution in [2.75, 3.05) is 0 Å². The fraction of sp³-hybridized carbons (Fsp3) is 0.0909. The van der Waals surface area contributed by atoms with Crippen molar-refractivity contribution in [3.8, 4) is 28.2 Å². The maximum absolute atomic E-state index is 13.7. The summed E-state index contributed by atoms with van der Waals surface area (Å²) in [6, 6.07) is 10.1. The second kappa shape index (κ2) is 7.36. The molecule has 0 bridgehead atoms. The molecule has 0 unspecified atom stereocenters. The van der Waals surface area contributed by atoms with Crippen molar-refractivity contribution in [2.24, 2.45) is 0 Å². The smallest absolute Gasteiger partial charge is 0.242 e. The summed E-state index contributed by atoms with van der Waals surface area (Å²) in [5.41, 5.74) is 0.217. The van der Waals surface area contributed by atoms with Crippen LogP contribution in [-0.2, 0) is 6.61 Å². The van der Waals surface area contributed by atoms with E-state index in [4.69, 9.17) is 8.83 Å². The Bertz CT molecular complexity index is 1490. The normalized spacial score (nSPS) is 11.5. The van der Waals surface area contributed by atoms with Gasteiger partial charge in [-0.2, -0.15) is 0 Å². The molecule has 0 aliphatic carbocycles. The van der Waals surface area contributed by atoms with Gasteiger partial charge >= 0.3 is 0 Å². The number of aliphatic hydroxyl groups is 1. The standard InChI is InChI=1S/C22H15FN2O6S/c1-10-2-6-15(30-10)19(27)17-18(14-7-4-12(9-26)31-14)25(21(29)20(17)28)22-24-13-5-3-11(23)8-16(13)32-22/h2-8,26,28-29H,9H2,1H3. The van der Waals surface area contributed by atoms with Crippen LogP contribution in [0.15, 0.2) is 51.3 Å². The van der Waals surface area contributed by atoms with Gasteiger partial charge in [0.25, 0.3) is 0 Å². The molecule has 4 aromatic heterocycles. The zero-order valence-corrected chi connectivity index (χ0v) is 17.3. The quantitative estimate of drug-likeness (QED) is 0.334. The lowest BCUT2D eigenvalue weighted by atomic mass is 10.1. The predicted molar refractivity (Wildman–Crippen MR) is 113 cm³/mol. The first-order valence-electron chi connectivity index (χ1n) is 9.41. The summed E-state index contributed by atoms with van der Waals surface area (Å²) in [5.74, 6) is -1.71. The zero-order chi connectivity index (χ0) is 22.6. The van der Waals surface area contributed by atoms with E-state index in [0.717, 1.165) is 15.9 Å². The molecule has 32 heavy (non-hydrogen) atoms. The molecule has 0 saturated heterocycles. The number of nitrogens with zero attached hydrogens (tertiary/aromatic N) is 2. The van der Waals surface area contributed by atoms with Crippen LogP contribution in [0.2, 0.25) is 0 Å². The Hall–Kier alpha value is -3.89. The average Bonchev–Trinajstić information content (AvgIpc) is 3.54. The zero-order valence-electron chi connectivity index (χ0n) is 16.5. The van der Waals surface area contributed by atoms with Crippen LogP contribution < -0.4 is 0 Å². The lowest BCUT2D eigenvalue weighted by Gasteiger charge is -2.06. The number of aromatic nitrogens is 2. The Morgan fingerprint density at radius 2 is 1.97 bits per heavy atom. The average molecular weight is 454 g/mol. The molecule has 0 radical (unpaired) electrons. The number of aryl methyl sites for hydroxylation is 1. The first-order valence-corrected chi connectivity index (χ1v) is 10.2. The molecule has 0 spiro atoms. The topological polar surface area (TPSA) is 122 Å². The maximum Gasteiger partial charge on any atom is 0.242 e. The van der Waals surface area contributed by atoms with Crippen LogP contribution in [0.3, 0.4) is 0 Å². The molecule has 0 fully saturated rings. The van der Waals surface area contributed by atoms with E-state index >= 15 is 0 Å². The lowest BCUT2D eigenvalue weighted by molar-refractivity contribution is 0.101. The minimum Gasteiger partial charge on any atom is -0.503 e. The second-order valence-electron chi connectivity index (χ2n) is 7.00. The third-order valence-corrected chi connectivity index (χ3v) is 5.90. The van der Waals surface area contributed by atoms with Crippen LogP contribution in [0.1, 0.15) is 27.6 Å². The highest BCUT2D eigenvalue weighted by molar-refractivity contribution is 7.20. The van der Waals surface area contributed by atoms with Crippen molar-refractivity contribution < 1.29 is 33.3 Å². The Labute approximate surface area is 183 Å². The minimum atomic E-state index is -0.688. The van der Waals surface area contributed by atoms with E-state index in [0.29, 0.717) is 16.0 Å². The highest BCUT2D eigenvalue weighted by Crippen LogP contribution is 2.45. The largest absolute Gasteiger partial charge is 0.503 e. The van der Waals surface area contributed by atoms with E-state index in [-0.39, 0.29) is 40.3 Å². The number of ketones is 1. The summed E-state index contributed by atoms with van der Waals surface area (Å²) in [5, 5.41) is 31.1. The molecule has 5 rings (SSSR count). The molecule has 1 aromatic carbocycles. The van der Waals surface area contributed by atoms with E-state index in [2.05, 4.69) is 4.98 Å². The number of benzene rings is 1. The molecule has 10 heteroatoms. The highest BCUT2D eigenvalue weighted by Gasteiger charge is 2.33. The number of halogens is 1. The van der Waals surface area contributed by atoms with Gasteiger partial charge in [0, 0.05) is 0 Å². The first kappa shape index (κ1) is 20.0. The molecule has 0 aliphatic heterocycles. The summed E-state index contributed by atoms with van der Waals surface area (Å²) < 4.78 is 26.3. The van der Waals surface area contributed by atoms with Gasteiger partial charge < -0.3 is 24.2 Å². The van der Waals surface area contributed by atoms with Gasteiger partial charge in [-0.3, -0.25) is 4.79 Å². The van der Waals surface area contributed by atoms with Crippen molar-refractivity contribution >= 4 is 27.3 Å². The Morgan fingerprint density at radius 3 is 2.66 bits per heavy atom. The first-order chi connectivity index (χ1) is 15.4. The number of carbonyl (C=O) groups excluding carboxylic acids is 1. The number of fused-ring (bicyclic) bond motifs is 1. The van der Waals surface area contributed by atoms with Crippen LogP contribution in [-0.4, -0.2) is 30.7 Å². The Kier molecular flexibility index (Phi) is 4.61. The van der Waals surface area contributed by atoms with Gasteiger partial charge in [0.05, 0.1) is 10.2 Å². The van der Waals surface area contributed by atoms with Crippen LogP contribution in [0.4, 0.5) is 4.39 Å². The third kappa shape index (κ3) is 3.08. The SMILES string of the molecule is Cc1ccc(C(=O)c2c(O)c(O)n(-c3nc4ccc(F)cc4s3)c2-c2ccc(CO)o2)o1. The lowest BCUT2D eigenvalue weighted by Crippen LogP contribution is -2.03. The van der Waals surface area contributed by atoms with Crippen molar-refractivity contribution in [1.82, 2.24) is 9.55 Å². The van der Waals surface area contributed by atoms with Gasteiger partial charge in [0.15, 0.2) is 22.4 Å². The molecule has 162 valence electrons. The molecule has 3 N–H and O–H groups in total. The summed E-state index contributed by atoms with van der Waals surface area (Å²) in [6.07, 6.45) is 0. The second-order valence-corrected chi connectivity index (χ2v) is 8.01. The summed E-state index contributed by atoms with van der Waals surface area (Å²) in [6.45, 7) is 1.28. The number of rotatable bonds is 5. The number of hydrogen-bond acceptors (Lipinski definition) is 8. The van der Waals surface area contributed by atoms with Crippen molar-refractivity contribution in [3.05, 3.63) is 71.1 Å². The van der Waals surface area contributed by atoms with E-state index < -0.39 is 23.2 Å². The van der Waals surface area contributed by atoms with E-state index in [1.807, 2.05) is 0 Å². The number of hydrogen-bond donors (Lipinski definition) is 3. The van der Waals surface area contributed by atoms with Gasteiger partial charge in [-0.25, -0.2) is 13.9 Å². The van der Waals surface area contributed by atoms with Crippen LogP contribution in [0.5, 0.6) is 11.6 Å². The number of carbonyl (C=O) groups is 1. The molecule has 8 nitrogen and oxygen atoms in total. The van der Waals surface area contributed by atoms with Gasteiger partial charge in [-0.1, -0.05) is 11.3 Å². The number of thiazole rings is 1. The van der Waals surface area contributed by atoms with E-state index in [9.17, 15) is 24.5 Å². The molecule has 5 aromatic rings. The van der Waals surface area contributed by atoms with Crippen LogP contribution >= 0.6 is 11.3 Å². The molecule has 0 saturated carbocycles. The van der Waals surface area contributed by atoms with Gasteiger partial charge in [-0.15, -0.1) is 0 Å².